The number of nitrogens with two attached hydrogens (primary N) is 1. The third-order valence-electron chi connectivity index (χ3n) is 2.13. The van der Waals surface area contributed by atoms with Crippen LogP contribution in [0.3, 0.4) is 0 Å². The van der Waals surface area contributed by atoms with Crippen molar-refractivity contribution in [2.24, 2.45) is 5.73 Å². The molecule has 3 N–H and O–H groups in total. The smallest absolute Gasteiger partial charge is 0.234 e. The maximum atomic E-state index is 10.8. The summed E-state index contributed by atoms with van der Waals surface area (Å²) in [6.45, 7) is 6.26. The molecule has 6 nitrogen and oxygen atoms in total. The number of hydrogen-bond acceptors (Lipinski definition) is 4. The molecule has 1 atom stereocenters. The van der Waals surface area contributed by atoms with Crippen LogP contribution in [-0.4, -0.2) is 26.7 Å². The zero-order valence-corrected chi connectivity index (χ0v) is 9.27. The van der Waals surface area contributed by atoms with Gasteiger partial charge in [0.15, 0.2) is 0 Å². The first-order valence-corrected chi connectivity index (χ1v) is 4.93. The summed E-state index contributed by atoms with van der Waals surface area (Å²) in [5.41, 5.74) is 5.13. The summed E-state index contributed by atoms with van der Waals surface area (Å²) in [7, 11) is 0. The van der Waals surface area contributed by atoms with Gasteiger partial charge < -0.3 is 5.73 Å². The second-order valence-corrected chi connectivity index (χ2v) is 3.72. The molecular formula is C9H17N5O. The van der Waals surface area contributed by atoms with E-state index in [9.17, 15) is 4.79 Å². The van der Waals surface area contributed by atoms with Crippen LogP contribution in [0.2, 0.25) is 0 Å². The molecule has 15 heavy (non-hydrogen) atoms. The Bertz CT molecular complexity index is 333. The predicted octanol–water partition coefficient (Wildman–Crippen LogP) is -0.178. The van der Waals surface area contributed by atoms with Gasteiger partial charge in [0, 0.05) is 6.04 Å². The van der Waals surface area contributed by atoms with Gasteiger partial charge >= 0.3 is 0 Å². The van der Waals surface area contributed by atoms with Crippen LogP contribution < -0.4 is 11.1 Å². The molecule has 0 bridgehead atoms. The first-order chi connectivity index (χ1) is 7.02. The van der Waals surface area contributed by atoms with Crippen molar-refractivity contribution in [3.63, 3.8) is 0 Å². The van der Waals surface area contributed by atoms with Crippen LogP contribution in [0.5, 0.6) is 0 Å². The Morgan fingerprint density at radius 1 is 1.60 bits per heavy atom. The minimum Gasteiger partial charge on any atom is -0.368 e. The number of aromatic nitrogens is 3. The fraction of sp³-hybridized carbons (Fsp3) is 0.667. The Balaban J connectivity index is 2.57. The zero-order chi connectivity index (χ0) is 11.4. The standard InChI is InChI=1S/C9H17N5O/c1-6(2)14-8(12-5-13-14)4-11-7(3)9(10)15/h5-7,11H,4H2,1-3H3,(H2,10,15). The maximum Gasteiger partial charge on any atom is 0.234 e. The van der Waals surface area contributed by atoms with Crippen molar-refractivity contribution in [3.8, 4) is 0 Å². The maximum absolute atomic E-state index is 10.8. The fourth-order valence-corrected chi connectivity index (χ4v) is 1.18. The van der Waals surface area contributed by atoms with Crippen molar-refractivity contribution in [3.05, 3.63) is 12.2 Å². The Morgan fingerprint density at radius 3 is 2.80 bits per heavy atom. The van der Waals surface area contributed by atoms with E-state index < -0.39 is 0 Å². The van der Waals surface area contributed by atoms with Gasteiger partial charge in [0.05, 0.1) is 12.6 Å². The number of rotatable bonds is 5. The van der Waals surface area contributed by atoms with Crippen molar-refractivity contribution in [2.45, 2.75) is 39.4 Å². The molecule has 0 saturated heterocycles. The highest BCUT2D eigenvalue weighted by molar-refractivity contribution is 5.79. The monoisotopic (exact) mass is 211 g/mol. The van der Waals surface area contributed by atoms with Crippen LogP contribution in [0.1, 0.15) is 32.6 Å². The average Bonchev–Trinajstić information content (AvgIpc) is 2.61. The van der Waals surface area contributed by atoms with Gasteiger partial charge in [-0.2, -0.15) is 5.10 Å². The highest BCUT2D eigenvalue weighted by atomic mass is 16.1. The highest BCUT2D eigenvalue weighted by Crippen LogP contribution is 2.04. The summed E-state index contributed by atoms with van der Waals surface area (Å²) in [6, 6.07) is -0.101. The first-order valence-electron chi connectivity index (χ1n) is 4.93. The molecule has 1 unspecified atom stereocenters. The molecule has 0 aliphatic carbocycles. The lowest BCUT2D eigenvalue weighted by Gasteiger charge is -2.12. The van der Waals surface area contributed by atoms with E-state index in [2.05, 4.69) is 15.4 Å². The minimum atomic E-state index is -0.370. The van der Waals surface area contributed by atoms with Gasteiger partial charge in [-0.15, -0.1) is 0 Å². The van der Waals surface area contributed by atoms with E-state index in [0.717, 1.165) is 5.82 Å². The molecular weight excluding hydrogens is 194 g/mol. The number of amides is 1. The normalized spacial score (nSPS) is 13.1. The highest BCUT2D eigenvalue weighted by Gasteiger charge is 2.11. The third-order valence-corrected chi connectivity index (χ3v) is 2.13. The van der Waals surface area contributed by atoms with Crippen molar-refractivity contribution in [1.82, 2.24) is 20.1 Å². The molecule has 1 aromatic rings. The number of carbonyl (C=O) groups is 1. The van der Waals surface area contributed by atoms with E-state index in [1.54, 1.807) is 11.6 Å². The molecule has 6 heteroatoms. The van der Waals surface area contributed by atoms with E-state index in [0.29, 0.717) is 6.54 Å². The number of hydrogen-bond donors (Lipinski definition) is 2. The number of carbonyl (C=O) groups excluding carboxylic acids is 1. The summed E-state index contributed by atoms with van der Waals surface area (Å²) in [5, 5.41) is 7.07. The topological polar surface area (TPSA) is 85.8 Å². The van der Waals surface area contributed by atoms with Crippen LogP contribution >= 0.6 is 0 Å². The van der Waals surface area contributed by atoms with E-state index in [4.69, 9.17) is 5.73 Å². The van der Waals surface area contributed by atoms with Crippen LogP contribution in [0.25, 0.3) is 0 Å². The lowest BCUT2D eigenvalue weighted by Crippen LogP contribution is -2.38. The van der Waals surface area contributed by atoms with Gasteiger partial charge in [-0.25, -0.2) is 9.67 Å². The molecule has 0 fully saturated rings. The van der Waals surface area contributed by atoms with E-state index >= 15 is 0 Å². The zero-order valence-electron chi connectivity index (χ0n) is 9.27. The number of nitrogens with one attached hydrogen (secondary N) is 1. The van der Waals surface area contributed by atoms with Gasteiger partial charge in [0.1, 0.15) is 12.2 Å². The van der Waals surface area contributed by atoms with Crippen LogP contribution in [0.4, 0.5) is 0 Å². The lowest BCUT2D eigenvalue weighted by molar-refractivity contribution is -0.119. The van der Waals surface area contributed by atoms with Gasteiger partial charge in [0.25, 0.3) is 0 Å². The Morgan fingerprint density at radius 2 is 2.27 bits per heavy atom. The van der Waals surface area contributed by atoms with Crippen molar-refractivity contribution < 1.29 is 4.79 Å². The lowest BCUT2D eigenvalue weighted by atomic mass is 10.3. The number of nitrogens with zero attached hydrogens (tertiary/aromatic N) is 3. The summed E-state index contributed by atoms with van der Waals surface area (Å²) in [4.78, 5) is 14.9. The minimum absolute atomic E-state index is 0.258. The second-order valence-electron chi connectivity index (χ2n) is 3.72. The molecule has 0 saturated carbocycles. The molecule has 0 spiro atoms. The summed E-state index contributed by atoms with van der Waals surface area (Å²) < 4.78 is 1.81. The van der Waals surface area contributed by atoms with Crippen molar-refractivity contribution >= 4 is 5.91 Å². The van der Waals surface area contributed by atoms with Crippen molar-refractivity contribution in [1.29, 1.82) is 0 Å². The molecule has 1 rings (SSSR count). The van der Waals surface area contributed by atoms with Crippen LogP contribution in [0.15, 0.2) is 6.33 Å². The SMILES string of the molecule is CC(NCc1ncnn1C(C)C)C(N)=O. The molecule has 0 aliphatic rings. The van der Waals surface area contributed by atoms with Crippen LogP contribution in [-0.2, 0) is 11.3 Å². The summed E-state index contributed by atoms with van der Waals surface area (Å²) in [6.07, 6.45) is 1.51. The van der Waals surface area contributed by atoms with Crippen LogP contribution in [0, 0.1) is 0 Å². The molecule has 1 amide bonds. The first kappa shape index (κ1) is 11.6. The number of primary amides is 1. The van der Waals surface area contributed by atoms with Gasteiger partial charge in [-0.05, 0) is 20.8 Å². The molecule has 1 heterocycles. The largest absolute Gasteiger partial charge is 0.368 e. The average molecular weight is 211 g/mol. The Hall–Kier alpha value is -1.43. The van der Waals surface area contributed by atoms with E-state index in [1.807, 2.05) is 13.8 Å². The predicted molar refractivity (Wildman–Crippen MR) is 55.9 cm³/mol. The van der Waals surface area contributed by atoms with E-state index in [-0.39, 0.29) is 18.0 Å². The molecule has 0 aliphatic heterocycles. The fourth-order valence-electron chi connectivity index (χ4n) is 1.18. The van der Waals surface area contributed by atoms with Crippen molar-refractivity contribution in [2.75, 3.05) is 0 Å². The van der Waals surface area contributed by atoms with Gasteiger partial charge in [-0.3, -0.25) is 10.1 Å². The quantitative estimate of drug-likeness (QED) is 0.707. The van der Waals surface area contributed by atoms with E-state index in [1.165, 1.54) is 6.33 Å². The summed E-state index contributed by atoms with van der Waals surface area (Å²) >= 11 is 0. The van der Waals surface area contributed by atoms with Gasteiger partial charge in [-0.1, -0.05) is 0 Å². The Labute approximate surface area is 88.9 Å². The second kappa shape index (κ2) is 4.88. The van der Waals surface area contributed by atoms with Gasteiger partial charge in [0.2, 0.25) is 5.91 Å². The third kappa shape index (κ3) is 3.02. The molecule has 0 radical (unpaired) electrons. The molecule has 1 aromatic heterocycles. The Kier molecular flexibility index (Phi) is 3.79. The molecule has 0 aromatic carbocycles. The summed E-state index contributed by atoms with van der Waals surface area (Å²) in [5.74, 6) is 0.434. The molecule has 84 valence electrons.